The number of carbonyl (C=O) groups excluding carboxylic acids is 1. The fourth-order valence-corrected chi connectivity index (χ4v) is 2.37. The smallest absolute Gasteiger partial charge is 0.328 e. The SMILES string of the molecule is Cc1ccc(NC(=O)C2CCOC2C)cc1C=CC(=O)O. The zero-order valence-electron chi connectivity index (χ0n) is 12.1. The molecule has 5 heteroatoms. The molecule has 1 aromatic carbocycles. The van der Waals surface area contributed by atoms with E-state index in [9.17, 15) is 9.59 Å². The van der Waals surface area contributed by atoms with Crippen LogP contribution in [-0.2, 0) is 14.3 Å². The van der Waals surface area contributed by atoms with Gasteiger partial charge in [-0.25, -0.2) is 4.79 Å². The highest BCUT2D eigenvalue weighted by molar-refractivity contribution is 5.93. The number of nitrogens with one attached hydrogen (secondary N) is 1. The molecule has 1 heterocycles. The van der Waals surface area contributed by atoms with Crippen molar-refractivity contribution in [2.45, 2.75) is 26.4 Å². The van der Waals surface area contributed by atoms with Crippen LogP contribution in [0, 0.1) is 12.8 Å². The van der Waals surface area contributed by atoms with Gasteiger partial charge in [-0.2, -0.15) is 0 Å². The van der Waals surface area contributed by atoms with Crippen molar-refractivity contribution in [3.8, 4) is 0 Å². The topological polar surface area (TPSA) is 75.6 Å². The lowest BCUT2D eigenvalue weighted by molar-refractivity contribution is -0.131. The van der Waals surface area contributed by atoms with Crippen LogP contribution in [0.4, 0.5) is 5.69 Å². The summed E-state index contributed by atoms with van der Waals surface area (Å²) in [4.78, 5) is 22.8. The van der Waals surface area contributed by atoms with E-state index < -0.39 is 5.97 Å². The summed E-state index contributed by atoms with van der Waals surface area (Å²) in [6, 6.07) is 5.44. The molecular formula is C16H19NO4. The van der Waals surface area contributed by atoms with Crippen molar-refractivity contribution < 1.29 is 19.4 Å². The molecular weight excluding hydrogens is 270 g/mol. The molecule has 5 nitrogen and oxygen atoms in total. The summed E-state index contributed by atoms with van der Waals surface area (Å²) < 4.78 is 5.39. The summed E-state index contributed by atoms with van der Waals surface area (Å²) in [6.45, 7) is 4.40. The van der Waals surface area contributed by atoms with Gasteiger partial charge in [0.2, 0.25) is 5.91 Å². The zero-order chi connectivity index (χ0) is 15.4. The molecule has 2 N–H and O–H groups in total. The van der Waals surface area contributed by atoms with Crippen LogP contribution in [0.2, 0.25) is 0 Å². The standard InChI is InChI=1S/C16H19NO4/c1-10-3-5-13(9-12(10)4-6-15(18)19)17-16(20)14-7-8-21-11(14)2/h3-6,9,11,14H,7-8H2,1-2H3,(H,17,20)(H,18,19). The first-order chi connectivity index (χ1) is 9.97. The Hall–Kier alpha value is -2.14. The highest BCUT2D eigenvalue weighted by atomic mass is 16.5. The number of carboxylic acid groups (broad SMARTS) is 1. The number of rotatable bonds is 4. The number of carbonyl (C=O) groups is 2. The molecule has 1 aliphatic heterocycles. The number of benzene rings is 1. The van der Waals surface area contributed by atoms with Crippen LogP contribution in [0.3, 0.4) is 0 Å². The Morgan fingerprint density at radius 1 is 1.43 bits per heavy atom. The van der Waals surface area contributed by atoms with Crippen LogP contribution in [0.25, 0.3) is 6.08 Å². The van der Waals surface area contributed by atoms with Gasteiger partial charge in [-0.3, -0.25) is 4.79 Å². The molecule has 1 fully saturated rings. The average Bonchev–Trinajstić information content (AvgIpc) is 2.85. The second-order valence-electron chi connectivity index (χ2n) is 5.20. The Morgan fingerprint density at radius 2 is 2.19 bits per heavy atom. The molecule has 0 aromatic heterocycles. The molecule has 1 amide bonds. The van der Waals surface area contributed by atoms with Crippen LogP contribution in [0.5, 0.6) is 0 Å². The first-order valence-corrected chi connectivity index (χ1v) is 6.91. The molecule has 2 unspecified atom stereocenters. The molecule has 0 saturated carbocycles. The van der Waals surface area contributed by atoms with E-state index >= 15 is 0 Å². The van der Waals surface area contributed by atoms with E-state index in [4.69, 9.17) is 9.84 Å². The minimum absolute atomic E-state index is 0.0583. The fourth-order valence-electron chi connectivity index (χ4n) is 2.37. The molecule has 0 bridgehead atoms. The predicted octanol–water partition coefficient (Wildman–Crippen LogP) is 2.46. The van der Waals surface area contributed by atoms with Crippen molar-refractivity contribution in [3.05, 3.63) is 35.4 Å². The van der Waals surface area contributed by atoms with E-state index in [0.29, 0.717) is 12.3 Å². The molecule has 0 radical (unpaired) electrons. The van der Waals surface area contributed by atoms with Gasteiger partial charge in [-0.15, -0.1) is 0 Å². The summed E-state index contributed by atoms with van der Waals surface area (Å²) in [5.41, 5.74) is 2.38. The monoisotopic (exact) mass is 289 g/mol. The molecule has 21 heavy (non-hydrogen) atoms. The van der Waals surface area contributed by atoms with E-state index in [1.807, 2.05) is 26.0 Å². The van der Waals surface area contributed by atoms with Crippen LogP contribution in [0.1, 0.15) is 24.5 Å². The van der Waals surface area contributed by atoms with Crippen LogP contribution in [0.15, 0.2) is 24.3 Å². The van der Waals surface area contributed by atoms with E-state index in [1.165, 1.54) is 6.08 Å². The third kappa shape index (κ3) is 3.92. The number of amides is 1. The third-order valence-electron chi connectivity index (χ3n) is 3.67. The van der Waals surface area contributed by atoms with Crippen LogP contribution < -0.4 is 5.32 Å². The van der Waals surface area contributed by atoms with Crippen molar-refractivity contribution in [1.82, 2.24) is 0 Å². The number of aryl methyl sites for hydroxylation is 1. The van der Waals surface area contributed by atoms with Crippen molar-refractivity contribution in [3.63, 3.8) is 0 Å². The summed E-state index contributed by atoms with van der Waals surface area (Å²) in [5, 5.41) is 11.6. The highest BCUT2D eigenvalue weighted by Gasteiger charge is 2.30. The lowest BCUT2D eigenvalue weighted by Gasteiger charge is -2.14. The summed E-state index contributed by atoms with van der Waals surface area (Å²) in [5.74, 6) is -1.19. The van der Waals surface area contributed by atoms with Gasteiger partial charge in [-0.1, -0.05) is 6.07 Å². The molecule has 2 atom stereocenters. The van der Waals surface area contributed by atoms with Gasteiger partial charge in [-0.05, 0) is 49.6 Å². The Balaban J connectivity index is 2.11. The highest BCUT2D eigenvalue weighted by Crippen LogP contribution is 2.23. The summed E-state index contributed by atoms with van der Waals surface area (Å²) >= 11 is 0. The van der Waals surface area contributed by atoms with Crippen LogP contribution in [-0.4, -0.2) is 29.7 Å². The van der Waals surface area contributed by atoms with Gasteiger partial charge < -0.3 is 15.2 Å². The van der Waals surface area contributed by atoms with Gasteiger partial charge in [0.15, 0.2) is 0 Å². The first-order valence-electron chi connectivity index (χ1n) is 6.91. The number of hydrogen-bond acceptors (Lipinski definition) is 3. The zero-order valence-corrected chi connectivity index (χ0v) is 12.1. The maximum Gasteiger partial charge on any atom is 0.328 e. The minimum atomic E-state index is -0.999. The van der Waals surface area contributed by atoms with E-state index in [-0.39, 0.29) is 17.9 Å². The normalized spacial score (nSPS) is 21.6. The average molecular weight is 289 g/mol. The maximum atomic E-state index is 12.2. The van der Waals surface area contributed by atoms with E-state index in [1.54, 1.807) is 6.07 Å². The largest absolute Gasteiger partial charge is 0.478 e. The number of ether oxygens (including phenoxy) is 1. The van der Waals surface area contributed by atoms with E-state index in [2.05, 4.69) is 5.32 Å². The predicted molar refractivity (Wildman–Crippen MR) is 80.0 cm³/mol. The Labute approximate surface area is 123 Å². The molecule has 1 saturated heterocycles. The van der Waals surface area contributed by atoms with Gasteiger partial charge in [0.1, 0.15) is 0 Å². The fraction of sp³-hybridized carbons (Fsp3) is 0.375. The third-order valence-corrected chi connectivity index (χ3v) is 3.67. The van der Waals surface area contributed by atoms with Crippen LogP contribution >= 0.6 is 0 Å². The molecule has 1 aliphatic rings. The quantitative estimate of drug-likeness (QED) is 0.835. The van der Waals surface area contributed by atoms with Gasteiger partial charge >= 0.3 is 5.97 Å². The minimum Gasteiger partial charge on any atom is -0.478 e. The lowest BCUT2D eigenvalue weighted by Crippen LogP contribution is -2.27. The maximum absolute atomic E-state index is 12.2. The number of carboxylic acids is 1. The van der Waals surface area contributed by atoms with Gasteiger partial charge in [0.05, 0.1) is 12.0 Å². The number of aliphatic carboxylic acids is 1. The number of anilines is 1. The molecule has 2 rings (SSSR count). The summed E-state index contributed by atoms with van der Waals surface area (Å²) in [7, 11) is 0. The first kappa shape index (κ1) is 15.3. The molecule has 112 valence electrons. The Morgan fingerprint density at radius 3 is 2.81 bits per heavy atom. The van der Waals surface area contributed by atoms with Gasteiger partial charge in [0.25, 0.3) is 0 Å². The number of hydrogen-bond donors (Lipinski definition) is 2. The second kappa shape index (κ2) is 6.54. The van der Waals surface area contributed by atoms with Crippen molar-refractivity contribution in [1.29, 1.82) is 0 Å². The van der Waals surface area contributed by atoms with Crippen molar-refractivity contribution >= 4 is 23.6 Å². The van der Waals surface area contributed by atoms with Crippen molar-refractivity contribution in [2.24, 2.45) is 5.92 Å². The van der Waals surface area contributed by atoms with Crippen molar-refractivity contribution in [2.75, 3.05) is 11.9 Å². The second-order valence-corrected chi connectivity index (χ2v) is 5.20. The Bertz CT molecular complexity index is 580. The molecule has 1 aromatic rings. The molecule has 0 aliphatic carbocycles. The lowest BCUT2D eigenvalue weighted by atomic mass is 10.0. The Kier molecular flexibility index (Phi) is 4.75. The van der Waals surface area contributed by atoms with Gasteiger partial charge in [0, 0.05) is 18.4 Å². The molecule has 0 spiro atoms. The van der Waals surface area contributed by atoms with E-state index in [0.717, 1.165) is 23.6 Å². The summed E-state index contributed by atoms with van der Waals surface area (Å²) in [6.07, 6.45) is 3.27.